The van der Waals surface area contributed by atoms with Crippen LogP contribution in [0.5, 0.6) is 0 Å². The predicted molar refractivity (Wildman–Crippen MR) is 64.3 cm³/mol. The van der Waals surface area contributed by atoms with Gasteiger partial charge in [0.2, 0.25) is 0 Å². The van der Waals surface area contributed by atoms with Gasteiger partial charge in [0.25, 0.3) is 0 Å². The van der Waals surface area contributed by atoms with Gasteiger partial charge in [-0.2, -0.15) is 0 Å². The third-order valence-electron chi connectivity index (χ3n) is 2.18. The minimum atomic E-state index is -1.42. The number of nitrogens with one attached hydrogen (secondary N) is 2. The normalized spacial score (nSPS) is 13.8. The Labute approximate surface area is 106 Å². The highest BCUT2D eigenvalue weighted by Gasteiger charge is 2.23. The van der Waals surface area contributed by atoms with Crippen LogP contribution in [0, 0.1) is 5.92 Å². The van der Waals surface area contributed by atoms with Crippen molar-refractivity contribution in [1.29, 1.82) is 0 Å². The number of carbonyl (C=O) groups is 3. The molecule has 0 rings (SSSR count). The van der Waals surface area contributed by atoms with E-state index in [1.165, 1.54) is 0 Å². The molecule has 1 unspecified atom stereocenters. The first-order chi connectivity index (χ1) is 8.22. The summed E-state index contributed by atoms with van der Waals surface area (Å²) >= 11 is 0. The fraction of sp³-hybridized carbons (Fsp3) is 0.727. The van der Waals surface area contributed by atoms with Crippen LogP contribution in [0.1, 0.15) is 33.6 Å². The van der Waals surface area contributed by atoms with Crippen LogP contribution in [0.2, 0.25) is 0 Å². The molecule has 7 nitrogen and oxygen atoms in total. The van der Waals surface area contributed by atoms with Gasteiger partial charge in [0.05, 0.1) is 6.42 Å². The Kier molecular flexibility index (Phi) is 6.77. The van der Waals surface area contributed by atoms with Crippen molar-refractivity contribution in [3.05, 3.63) is 0 Å². The second-order valence-corrected chi connectivity index (χ2v) is 4.64. The predicted octanol–water partition coefficient (Wildman–Crippen LogP) is 0.648. The third kappa shape index (κ3) is 7.48. The SMILES string of the molecule is CC(C)CC(C)NC(=O)N[C@@H](CC(=O)O)C(=O)O. The maximum atomic E-state index is 11.5. The Morgan fingerprint density at radius 1 is 1.06 bits per heavy atom. The fourth-order valence-corrected chi connectivity index (χ4v) is 1.56. The van der Waals surface area contributed by atoms with E-state index in [-0.39, 0.29) is 6.04 Å². The summed E-state index contributed by atoms with van der Waals surface area (Å²) in [6.45, 7) is 5.80. The summed E-state index contributed by atoms with van der Waals surface area (Å²) in [4.78, 5) is 32.6. The van der Waals surface area contributed by atoms with Crippen molar-refractivity contribution in [2.45, 2.75) is 45.7 Å². The highest BCUT2D eigenvalue weighted by Crippen LogP contribution is 2.03. The van der Waals surface area contributed by atoms with Gasteiger partial charge in [-0.25, -0.2) is 9.59 Å². The van der Waals surface area contributed by atoms with E-state index in [2.05, 4.69) is 10.6 Å². The first kappa shape index (κ1) is 16.2. The zero-order valence-corrected chi connectivity index (χ0v) is 10.8. The highest BCUT2D eigenvalue weighted by atomic mass is 16.4. The molecule has 7 heteroatoms. The van der Waals surface area contributed by atoms with Gasteiger partial charge in [-0.3, -0.25) is 4.79 Å². The Morgan fingerprint density at radius 2 is 1.61 bits per heavy atom. The Hall–Kier alpha value is -1.79. The quantitative estimate of drug-likeness (QED) is 0.536. The lowest BCUT2D eigenvalue weighted by Gasteiger charge is -2.18. The fourth-order valence-electron chi connectivity index (χ4n) is 1.56. The van der Waals surface area contributed by atoms with E-state index in [0.29, 0.717) is 5.92 Å². The molecule has 0 aliphatic rings. The summed E-state index contributed by atoms with van der Waals surface area (Å²) in [5.74, 6) is -2.25. The summed E-state index contributed by atoms with van der Waals surface area (Å²) in [6.07, 6.45) is 0.103. The summed E-state index contributed by atoms with van der Waals surface area (Å²) in [7, 11) is 0. The molecule has 2 amide bonds. The van der Waals surface area contributed by atoms with Crippen molar-refractivity contribution in [3.63, 3.8) is 0 Å². The minimum Gasteiger partial charge on any atom is -0.481 e. The number of hydrogen-bond donors (Lipinski definition) is 4. The van der Waals surface area contributed by atoms with Gasteiger partial charge in [0.1, 0.15) is 6.04 Å². The van der Waals surface area contributed by atoms with Gasteiger partial charge in [0.15, 0.2) is 0 Å². The second kappa shape index (κ2) is 7.52. The molecule has 0 spiro atoms. The molecule has 0 aromatic carbocycles. The number of amides is 2. The average molecular weight is 260 g/mol. The van der Waals surface area contributed by atoms with E-state index in [0.717, 1.165) is 6.42 Å². The van der Waals surface area contributed by atoms with Crippen LogP contribution >= 0.6 is 0 Å². The van der Waals surface area contributed by atoms with E-state index in [9.17, 15) is 14.4 Å². The van der Waals surface area contributed by atoms with Crippen molar-refractivity contribution < 1.29 is 24.6 Å². The summed E-state index contributed by atoms with van der Waals surface area (Å²) in [5.41, 5.74) is 0. The molecule has 4 N–H and O–H groups in total. The van der Waals surface area contributed by atoms with Crippen molar-refractivity contribution in [3.8, 4) is 0 Å². The number of rotatable bonds is 7. The molecule has 0 aliphatic carbocycles. The van der Waals surface area contributed by atoms with Crippen molar-refractivity contribution in [2.75, 3.05) is 0 Å². The number of carboxylic acids is 2. The van der Waals surface area contributed by atoms with Crippen molar-refractivity contribution in [1.82, 2.24) is 10.6 Å². The highest BCUT2D eigenvalue weighted by molar-refractivity contribution is 5.86. The van der Waals surface area contributed by atoms with E-state index in [4.69, 9.17) is 10.2 Å². The topological polar surface area (TPSA) is 116 Å². The Bertz CT molecular complexity index is 317. The largest absolute Gasteiger partial charge is 0.481 e. The molecule has 0 aromatic heterocycles. The molecule has 0 radical (unpaired) electrons. The summed E-state index contributed by atoms with van der Waals surface area (Å²) in [6, 6.07) is -2.20. The zero-order valence-electron chi connectivity index (χ0n) is 10.8. The van der Waals surface area contributed by atoms with Gasteiger partial charge in [-0.1, -0.05) is 13.8 Å². The first-order valence-electron chi connectivity index (χ1n) is 5.74. The number of urea groups is 1. The Morgan fingerprint density at radius 3 is 2.00 bits per heavy atom. The molecule has 0 aromatic rings. The molecular weight excluding hydrogens is 240 g/mol. The zero-order chi connectivity index (χ0) is 14.3. The van der Waals surface area contributed by atoms with Crippen LogP contribution in [-0.2, 0) is 9.59 Å². The maximum Gasteiger partial charge on any atom is 0.326 e. The summed E-state index contributed by atoms with van der Waals surface area (Å²) < 4.78 is 0. The Balaban J connectivity index is 4.25. The molecule has 0 heterocycles. The molecular formula is C11H20N2O5. The lowest BCUT2D eigenvalue weighted by molar-refractivity contribution is -0.145. The molecule has 0 saturated heterocycles. The van der Waals surface area contributed by atoms with Crippen LogP contribution in [0.15, 0.2) is 0 Å². The number of carbonyl (C=O) groups excluding carboxylic acids is 1. The number of aliphatic carboxylic acids is 2. The van der Waals surface area contributed by atoms with Gasteiger partial charge < -0.3 is 20.8 Å². The number of carboxylic acid groups (broad SMARTS) is 2. The van der Waals surface area contributed by atoms with Crippen LogP contribution < -0.4 is 10.6 Å². The van der Waals surface area contributed by atoms with Crippen LogP contribution in [0.25, 0.3) is 0 Å². The van der Waals surface area contributed by atoms with E-state index < -0.39 is 30.4 Å². The smallest absolute Gasteiger partial charge is 0.326 e. The van der Waals surface area contributed by atoms with Crippen molar-refractivity contribution >= 4 is 18.0 Å². The maximum absolute atomic E-state index is 11.5. The lowest BCUT2D eigenvalue weighted by atomic mass is 10.1. The van der Waals surface area contributed by atoms with Crippen molar-refractivity contribution in [2.24, 2.45) is 5.92 Å². The molecule has 0 saturated carbocycles. The summed E-state index contributed by atoms with van der Waals surface area (Å²) in [5, 5.41) is 21.9. The van der Waals surface area contributed by atoms with Gasteiger partial charge in [0, 0.05) is 6.04 Å². The van der Waals surface area contributed by atoms with Gasteiger partial charge in [-0.05, 0) is 19.3 Å². The molecule has 2 atom stereocenters. The standard InChI is InChI=1S/C11H20N2O5/c1-6(2)4-7(3)12-11(18)13-8(10(16)17)5-9(14)15/h6-8H,4-5H2,1-3H3,(H,14,15)(H,16,17)(H2,12,13,18)/t7?,8-/m0/s1. The first-order valence-corrected chi connectivity index (χ1v) is 5.74. The molecule has 0 aliphatic heterocycles. The molecule has 18 heavy (non-hydrogen) atoms. The van der Waals surface area contributed by atoms with Crippen LogP contribution in [-0.4, -0.2) is 40.3 Å². The third-order valence-corrected chi connectivity index (χ3v) is 2.18. The second-order valence-electron chi connectivity index (χ2n) is 4.64. The van der Waals surface area contributed by atoms with Crippen LogP contribution in [0.4, 0.5) is 4.79 Å². The average Bonchev–Trinajstić information content (AvgIpc) is 2.13. The molecule has 0 bridgehead atoms. The van der Waals surface area contributed by atoms with E-state index in [1.807, 2.05) is 13.8 Å². The molecule has 0 fully saturated rings. The van der Waals surface area contributed by atoms with E-state index in [1.54, 1.807) is 6.92 Å². The van der Waals surface area contributed by atoms with Gasteiger partial charge >= 0.3 is 18.0 Å². The van der Waals surface area contributed by atoms with Crippen LogP contribution in [0.3, 0.4) is 0 Å². The monoisotopic (exact) mass is 260 g/mol. The van der Waals surface area contributed by atoms with Gasteiger partial charge in [-0.15, -0.1) is 0 Å². The number of hydrogen-bond acceptors (Lipinski definition) is 3. The molecule has 104 valence electrons. The van der Waals surface area contributed by atoms with E-state index >= 15 is 0 Å². The lowest BCUT2D eigenvalue weighted by Crippen LogP contribution is -2.49. The minimum absolute atomic E-state index is 0.107.